The molecule has 0 spiro atoms. The quantitative estimate of drug-likeness (QED) is 0.291. The van der Waals surface area contributed by atoms with Crippen molar-refractivity contribution >= 4 is 16.7 Å². The van der Waals surface area contributed by atoms with Gasteiger partial charge in [-0.15, -0.1) is 0 Å². The lowest BCUT2D eigenvalue weighted by molar-refractivity contribution is -0.143. The van der Waals surface area contributed by atoms with Crippen LogP contribution in [0.3, 0.4) is 0 Å². The summed E-state index contributed by atoms with van der Waals surface area (Å²) in [7, 11) is 1.66. The average molecular weight is 427 g/mol. The number of ether oxygens (including phenoxy) is 3. The van der Waals surface area contributed by atoms with Crippen LogP contribution in [0.2, 0.25) is 0 Å². The molecule has 0 amide bonds. The van der Waals surface area contributed by atoms with Gasteiger partial charge < -0.3 is 14.2 Å². The highest BCUT2D eigenvalue weighted by Crippen LogP contribution is 2.40. The zero-order valence-corrected chi connectivity index (χ0v) is 18.3. The van der Waals surface area contributed by atoms with Gasteiger partial charge in [-0.05, 0) is 60.2 Å². The molecule has 4 aromatic carbocycles. The molecule has 0 radical (unpaired) electrons. The Hall–Kier alpha value is -3.79. The van der Waals surface area contributed by atoms with Crippen molar-refractivity contribution in [3.05, 3.63) is 90.5 Å². The summed E-state index contributed by atoms with van der Waals surface area (Å²) in [5, 5.41) is 2.16. The first-order valence-corrected chi connectivity index (χ1v) is 10.8. The first kappa shape index (κ1) is 21.4. The maximum absolute atomic E-state index is 11.6. The van der Waals surface area contributed by atoms with Crippen LogP contribution in [0.5, 0.6) is 17.2 Å². The number of carbonyl (C=O) groups is 1. The van der Waals surface area contributed by atoms with Crippen molar-refractivity contribution in [2.45, 2.75) is 19.8 Å². The van der Waals surface area contributed by atoms with Crippen molar-refractivity contribution in [1.29, 1.82) is 0 Å². The van der Waals surface area contributed by atoms with Gasteiger partial charge in [-0.3, -0.25) is 4.79 Å². The number of aryl methyl sites for hydroxylation is 1. The Morgan fingerprint density at radius 2 is 1.53 bits per heavy atom. The van der Waals surface area contributed by atoms with Gasteiger partial charge in [-0.1, -0.05) is 54.6 Å². The number of hydrogen-bond donors (Lipinski definition) is 0. The number of esters is 1. The Labute approximate surface area is 188 Å². The molecule has 4 nitrogen and oxygen atoms in total. The minimum absolute atomic E-state index is 0.173. The van der Waals surface area contributed by atoms with E-state index in [0.717, 1.165) is 44.7 Å². The highest BCUT2D eigenvalue weighted by molar-refractivity contribution is 5.95. The fraction of sp³-hybridized carbons (Fsp3) is 0.179. The van der Waals surface area contributed by atoms with Crippen LogP contribution >= 0.6 is 0 Å². The molecule has 0 aliphatic carbocycles. The van der Waals surface area contributed by atoms with E-state index in [1.807, 2.05) is 67.6 Å². The highest BCUT2D eigenvalue weighted by atomic mass is 16.5. The van der Waals surface area contributed by atoms with E-state index in [1.165, 1.54) is 0 Å². The number of hydrogen-bond acceptors (Lipinski definition) is 4. The van der Waals surface area contributed by atoms with Crippen molar-refractivity contribution in [2.75, 3.05) is 13.7 Å². The first-order chi connectivity index (χ1) is 15.7. The van der Waals surface area contributed by atoms with E-state index in [0.29, 0.717) is 19.4 Å². The summed E-state index contributed by atoms with van der Waals surface area (Å²) in [6.45, 7) is 2.23. The van der Waals surface area contributed by atoms with Crippen molar-refractivity contribution in [2.24, 2.45) is 0 Å². The minimum atomic E-state index is -0.173. The summed E-state index contributed by atoms with van der Waals surface area (Å²) < 4.78 is 16.7. The van der Waals surface area contributed by atoms with Gasteiger partial charge in [-0.2, -0.15) is 0 Å². The summed E-state index contributed by atoms with van der Waals surface area (Å²) in [6, 6.07) is 28.3. The molecule has 0 aliphatic rings. The predicted molar refractivity (Wildman–Crippen MR) is 127 cm³/mol. The number of rotatable bonds is 8. The first-order valence-electron chi connectivity index (χ1n) is 10.8. The molecule has 0 bridgehead atoms. The lowest BCUT2D eigenvalue weighted by Gasteiger charge is -2.15. The molecule has 32 heavy (non-hydrogen) atoms. The number of carbonyl (C=O) groups excluding carboxylic acids is 1. The number of fused-ring (bicyclic) bond motifs is 1. The Balaban J connectivity index is 1.63. The standard InChI is InChI=1S/C28H26O4/c1-3-31-27(29)19-10-20-8-14-24(15-9-20)32-28-25-7-5-4-6-21(25)13-18-26(28)22-11-16-23(30-2)17-12-22/h4-9,11-18H,3,10,19H2,1-2H3. The lowest BCUT2D eigenvalue weighted by atomic mass is 9.99. The molecule has 0 N–H and O–H groups in total. The normalized spacial score (nSPS) is 10.7. The third-order valence-electron chi connectivity index (χ3n) is 5.35. The van der Waals surface area contributed by atoms with Gasteiger partial charge in [0.15, 0.2) is 0 Å². The second-order valence-corrected chi connectivity index (χ2v) is 7.44. The maximum Gasteiger partial charge on any atom is 0.306 e. The third kappa shape index (κ3) is 4.92. The topological polar surface area (TPSA) is 44.8 Å². The molecule has 0 fully saturated rings. The molecule has 0 aliphatic heterocycles. The Bertz CT molecular complexity index is 1190. The van der Waals surface area contributed by atoms with Gasteiger partial charge in [0, 0.05) is 17.4 Å². The Morgan fingerprint density at radius 1 is 0.812 bits per heavy atom. The summed E-state index contributed by atoms with van der Waals surface area (Å²) in [5.74, 6) is 2.20. The molecule has 162 valence electrons. The summed E-state index contributed by atoms with van der Waals surface area (Å²) in [6.07, 6.45) is 1.02. The van der Waals surface area contributed by atoms with Crippen LogP contribution in [0.25, 0.3) is 21.9 Å². The lowest BCUT2D eigenvalue weighted by Crippen LogP contribution is -2.05. The van der Waals surface area contributed by atoms with Gasteiger partial charge in [0.05, 0.1) is 13.7 Å². The largest absolute Gasteiger partial charge is 0.497 e. The van der Waals surface area contributed by atoms with E-state index < -0.39 is 0 Å². The zero-order valence-electron chi connectivity index (χ0n) is 18.3. The van der Waals surface area contributed by atoms with Crippen molar-refractivity contribution in [1.82, 2.24) is 0 Å². The SMILES string of the molecule is CCOC(=O)CCc1ccc(Oc2c(-c3ccc(OC)cc3)ccc3ccccc23)cc1. The molecule has 0 saturated carbocycles. The van der Waals surface area contributed by atoms with Crippen molar-refractivity contribution in [3.8, 4) is 28.4 Å². The van der Waals surface area contributed by atoms with Crippen LogP contribution in [-0.4, -0.2) is 19.7 Å². The Morgan fingerprint density at radius 3 is 2.25 bits per heavy atom. The average Bonchev–Trinajstić information content (AvgIpc) is 2.84. The van der Waals surface area contributed by atoms with E-state index in [1.54, 1.807) is 7.11 Å². The monoisotopic (exact) mass is 426 g/mol. The number of benzene rings is 4. The van der Waals surface area contributed by atoms with E-state index in [4.69, 9.17) is 14.2 Å². The molecule has 0 atom stereocenters. The molecular weight excluding hydrogens is 400 g/mol. The smallest absolute Gasteiger partial charge is 0.306 e. The molecule has 4 aromatic rings. The van der Waals surface area contributed by atoms with E-state index in [2.05, 4.69) is 24.3 Å². The molecule has 0 saturated heterocycles. The molecular formula is C28H26O4. The van der Waals surface area contributed by atoms with E-state index >= 15 is 0 Å². The summed E-state index contributed by atoms with van der Waals surface area (Å²) in [4.78, 5) is 11.6. The van der Waals surface area contributed by atoms with Crippen LogP contribution < -0.4 is 9.47 Å². The van der Waals surface area contributed by atoms with Crippen molar-refractivity contribution < 1.29 is 19.0 Å². The fourth-order valence-electron chi connectivity index (χ4n) is 3.67. The van der Waals surface area contributed by atoms with Crippen LogP contribution in [0.4, 0.5) is 0 Å². The third-order valence-corrected chi connectivity index (χ3v) is 5.35. The van der Waals surface area contributed by atoms with E-state index in [-0.39, 0.29) is 5.97 Å². The predicted octanol–water partition coefficient (Wildman–Crippen LogP) is 6.80. The minimum Gasteiger partial charge on any atom is -0.497 e. The maximum atomic E-state index is 11.6. The molecule has 0 aromatic heterocycles. The molecule has 0 unspecified atom stereocenters. The molecule has 0 heterocycles. The Kier molecular flexibility index (Phi) is 6.71. The van der Waals surface area contributed by atoms with Crippen molar-refractivity contribution in [3.63, 3.8) is 0 Å². The second kappa shape index (κ2) is 10.0. The molecule has 4 rings (SSSR count). The highest BCUT2D eigenvalue weighted by Gasteiger charge is 2.13. The van der Waals surface area contributed by atoms with Gasteiger partial charge >= 0.3 is 5.97 Å². The van der Waals surface area contributed by atoms with Gasteiger partial charge in [-0.25, -0.2) is 0 Å². The van der Waals surface area contributed by atoms with Crippen LogP contribution in [0, 0.1) is 0 Å². The summed E-state index contributed by atoms with van der Waals surface area (Å²) >= 11 is 0. The number of methoxy groups -OCH3 is 1. The van der Waals surface area contributed by atoms with Gasteiger partial charge in [0.1, 0.15) is 17.2 Å². The van der Waals surface area contributed by atoms with Gasteiger partial charge in [0.25, 0.3) is 0 Å². The van der Waals surface area contributed by atoms with E-state index in [9.17, 15) is 4.79 Å². The van der Waals surface area contributed by atoms with Crippen LogP contribution in [-0.2, 0) is 16.0 Å². The zero-order chi connectivity index (χ0) is 22.3. The van der Waals surface area contributed by atoms with Crippen LogP contribution in [0.15, 0.2) is 84.9 Å². The summed E-state index contributed by atoms with van der Waals surface area (Å²) in [5.41, 5.74) is 3.13. The second-order valence-electron chi connectivity index (χ2n) is 7.44. The fourth-order valence-corrected chi connectivity index (χ4v) is 3.67. The van der Waals surface area contributed by atoms with Gasteiger partial charge in [0.2, 0.25) is 0 Å². The van der Waals surface area contributed by atoms with Crippen LogP contribution in [0.1, 0.15) is 18.9 Å². The molecule has 4 heteroatoms.